The lowest BCUT2D eigenvalue weighted by molar-refractivity contribution is -0.126. The Morgan fingerprint density at radius 3 is 2.59 bits per heavy atom. The topological polar surface area (TPSA) is 61.6 Å². The second-order valence-corrected chi connectivity index (χ2v) is 5.00. The van der Waals surface area contributed by atoms with Crippen LogP contribution in [0.2, 0.25) is 0 Å². The zero-order chi connectivity index (χ0) is 12.7. The maximum absolute atomic E-state index is 11.9. The van der Waals surface area contributed by atoms with Crippen LogP contribution in [0.15, 0.2) is 0 Å². The Labute approximate surface area is 104 Å². The summed E-state index contributed by atoms with van der Waals surface area (Å²) in [6.07, 6.45) is 1.93. The number of carbonyl (C=O) groups excluding carboxylic acids is 1. The Balaban J connectivity index is 2.17. The molecular weight excluding hydrogens is 216 g/mol. The van der Waals surface area contributed by atoms with Crippen molar-refractivity contribution in [2.24, 2.45) is 11.7 Å². The number of rotatable bonds is 6. The molecule has 17 heavy (non-hydrogen) atoms. The van der Waals surface area contributed by atoms with Crippen molar-refractivity contribution in [1.29, 1.82) is 0 Å². The molecule has 100 valence electrons. The summed E-state index contributed by atoms with van der Waals surface area (Å²) >= 11 is 0. The van der Waals surface area contributed by atoms with Crippen molar-refractivity contribution < 1.29 is 4.79 Å². The lowest BCUT2D eigenvalue weighted by Crippen LogP contribution is -2.43. The van der Waals surface area contributed by atoms with Crippen molar-refractivity contribution in [3.05, 3.63) is 0 Å². The van der Waals surface area contributed by atoms with Gasteiger partial charge in [0.1, 0.15) is 0 Å². The van der Waals surface area contributed by atoms with Crippen LogP contribution in [0.3, 0.4) is 0 Å². The predicted molar refractivity (Wildman–Crippen MR) is 69.8 cm³/mol. The van der Waals surface area contributed by atoms with Crippen LogP contribution in [0.25, 0.3) is 0 Å². The van der Waals surface area contributed by atoms with E-state index in [1.165, 1.54) is 0 Å². The lowest BCUT2D eigenvalue weighted by Gasteiger charge is -2.30. The van der Waals surface area contributed by atoms with Crippen LogP contribution in [0.5, 0.6) is 0 Å². The van der Waals surface area contributed by atoms with E-state index in [9.17, 15) is 4.79 Å². The van der Waals surface area contributed by atoms with Gasteiger partial charge < -0.3 is 20.9 Å². The zero-order valence-electron chi connectivity index (χ0n) is 11.1. The van der Waals surface area contributed by atoms with E-state index in [-0.39, 0.29) is 11.8 Å². The van der Waals surface area contributed by atoms with E-state index in [1.54, 1.807) is 0 Å². The third-order valence-electron chi connectivity index (χ3n) is 3.26. The summed E-state index contributed by atoms with van der Waals surface area (Å²) in [5, 5.41) is 3.01. The van der Waals surface area contributed by atoms with Crippen LogP contribution in [0.4, 0.5) is 0 Å². The van der Waals surface area contributed by atoms with Gasteiger partial charge in [-0.3, -0.25) is 4.79 Å². The number of hydrogen-bond donors (Lipinski definition) is 2. The number of likely N-dealkylation sites (tertiary alicyclic amines) is 1. The minimum atomic E-state index is 0.200. The number of carbonyl (C=O) groups is 1. The maximum atomic E-state index is 11.9. The Morgan fingerprint density at radius 1 is 1.41 bits per heavy atom. The summed E-state index contributed by atoms with van der Waals surface area (Å²) < 4.78 is 0. The van der Waals surface area contributed by atoms with Crippen molar-refractivity contribution in [3.8, 4) is 0 Å². The van der Waals surface area contributed by atoms with E-state index in [0.717, 1.165) is 45.6 Å². The van der Waals surface area contributed by atoms with Gasteiger partial charge in [-0.25, -0.2) is 0 Å². The first-order valence-corrected chi connectivity index (χ1v) is 6.48. The minimum absolute atomic E-state index is 0.200. The number of amides is 1. The summed E-state index contributed by atoms with van der Waals surface area (Å²) in [6, 6.07) is 0. The molecular formula is C12H26N4O. The summed E-state index contributed by atoms with van der Waals surface area (Å²) in [5.41, 5.74) is 5.52. The van der Waals surface area contributed by atoms with E-state index >= 15 is 0 Å². The van der Waals surface area contributed by atoms with Crippen LogP contribution in [0, 0.1) is 5.92 Å². The Morgan fingerprint density at radius 2 is 2.06 bits per heavy atom. The van der Waals surface area contributed by atoms with E-state index < -0.39 is 0 Å². The van der Waals surface area contributed by atoms with Crippen LogP contribution >= 0.6 is 0 Å². The molecule has 3 N–H and O–H groups in total. The van der Waals surface area contributed by atoms with E-state index in [2.05, 4.69) is 15.1 Å². The molecule has 0 bridgehead atoms. The highest BCUT2D eigenvalue weighted by Gasteiger charge is 2.24. The quantitative estimate of drug-likeness (QED) is 0.649. The number of hydrogen-bond acceptors (Lipinski definition) is 4. The average molecular weight is 242 g/mol. The third kappa shape index (κ3) is 5.48. The Bertz CT molecular complexity index is 225. The van der Waals surface area contributed by atoms with Crippen molar-refractivity contribution in [1.82, 2.24) is 15.1 Å². The fraction of sp³-hybridized carbons (Fsp3) is 0.917. The maximum Gasteiger partial charge on any atom is 0.223 e. The van der Waals surface area contributed by atoms with E-state index in [4.69, 9.17) is 5.73 Å². The largest absolute Gasteiger partial charge is 0.355 e. The molecule has 0 radical (unpaired) electrons. The molecule has 0 aromatic heterocycles. The first-order chi connectivity index (χ1) is 8.13. The zero-order valence-corrected chi connectivity index (χ0v) is 11.1. The summed E-state index contributed by atoms with van der Waals surface area (Å²) in [5.74, 6) is 0.422. The molecule has 0 aromatic rings. The summed E-state index contributed by atoms with van der Waals surface area (Å²) in [6.45, 7) is 5.31. The van der Waals surface area contributed by atoms with Gasteiger partial charge in [-0.2, -0.15) is 0 Å². The first kappa shape index (κ1) is 14.4. The van der Waals surface area contributed by atoms with Crippen molar-refractivity contribution in [2.45, 2.75) is 12.8 Å². The third-order valence-corrected chi connectivity index (χ3v) is 3.26. The summed E-state index contributed by atoms with van der Waals surface area (Å²) in [4.78, 5) is 16.3. The van der Waals surface area contributed by atoms with Crippen molar-refractivity contribution >= 4 is 5.91 Å². The number of piperidine rings is 1. The molecule has 0 aromatic carbocycles. The molecule has 0 atom stereocenters. The van der Waals surface area contributed by atoms with Gasteiger partial charge in [0.2, 0.25) is 5.91 Å². The average Bonchev–Trinajstić information content (AvgIpc) is 2.30. The SMILES string of the molecule is CN(C)CCNC(=O)C1CCN(CCN)CC1. The van der Waals surface area contributed by atoms with E-state index in [1.807, 2.05) is 14.1 Å². The number of nitrogens with one attached hydrogen (secondary N) is 1. The van der Waals surface area contributed by atoms with Crippen LogP contribution in [-0.4, -0.2) is 69.1 Å². The van der Waals surface area contributed by atoms with E-state index in [0.29, 0.717) is 6.54 Å². The number of nitrogens with zero attached hydrogens (tertiary/aromatic N) is 2. The highest BCUT2D eigenvalue weighted by Crippen LogP contribution is 2.16. The van der Waals surface area contributed by atoms with Gasteiger partial charge in [-0.1, -0.05) is 0 Å². The standard InChI is InChI=1S/C12H26N4O/c1-15(2)10-6-14-12(17)11-3-7-16(8-4-11)9-5-13/h11H,3-10,13H2,1-2H3,(H,14,17). The molecule has 1 fully saturated rings. The molecule has 0 saturated carbocycles. The summed E-state index contributed by atoms with van der Waals surface area (Å²) in [7, 11) is 4.02. The van der Waals surface area contributed by atoms with Crippen LogP contribution in [0.1, 0.15) is 12.8 Å². The molecule has 1 heterocycles. The van der Waals surface area contributed by atoms with Gasteiger partial charge in [0, 0.05) is 32.1 Å². The molecule has 1 rings (SSSR count). The number of likely N-dealkylation sites (N-methyl/N-ethyl adjacent to an activating group) is 1. The molecule has 0 spiro atoms. The van der Waals surface area contributed by atoms with Gasteiger partial charge in [0.05, 0.1) is 0 Å². The molecule has 1 saturated heterocycles. The monoisotopic (exact) mass is 242 g/mol. The fourth-order valence-corrected chi connectivity index (χ4v) is 2.15. The van der Waals surface area contributed by atoms with Crippen molar-refractivity contribution in [2.75, 3.05) is 53.4 Å². The number of nitrogens with two attached hydrogens (primary N) is 1. The highest BCUT2D eigenvalue weighted by molar-refractivity contribution is 5.78. The molecule has 0 unspecified atom stereocenters. The normalized spacial score (nSPS) is 18.6. The van der Waals surface area contributed by atoms with Gasteiger partial charge in [0.15, 0.2) is 0 Å². The molecule has 1 aliphatic heterocycles. The smallest absolute Gasteiger partial charge is 0.223 e. The lowest BCUT2D eigenvalue weighted by atomic mass is 9.96. The van der Waals surface area contributed by atoms with Gasteiger partial charge in [0.25, 0.3) is 0 Å². The van der Waals surface area contributed by atoms with Gasteiger partial charge >= 0.3 is 0 Å². The first-order valence-electron chi connectivity index (χ1n) is 6.48. The van der Waals surface area contributed by atoms with Gasteiger partial charge in [-0.15, -0.1) is 0 Å². The Kier molecular flexibility index (Phi) is 6.47. The second-order valence-electron chi connectivity index (χ2n) is 5.00. The molecule has 5 heteroatoms. The molecule has 1 aliphatic rings. The Hall–Kier alpha value is -0.650. The van der Waals surface area contributed by atoms with Crippen LogP contribution in [-0.2, 0) is 4.79 Å². The molecule has 5 nitrogen and oxygen atoms in total. The minimum Gasteiger partial charge on any atom is -0.355 e. The second kappa shape index (κ2) is 7.63. The molecule has 1 amide bonds. The highest BCUT2D eigenvalue weighted by atomic mass is 16.1. The van der Waals surface area contributed by atoms with Crippen LogP contribution < -0.4 is 11.1 Å². The predicted octanol–water partition coefficient (Wildman–Crippen LogP) is -0.665. The van der Waals surface area contributed by atoms with Crippen molar-refractivity contribution in [3.63, 3.8) is 0 Å². The fourth-order valence-electron chi connectivity index (χ4n) is 2.15. The van der Waals surface area contributed by atoms with Gasteiger partial charge in [-0.05, 0) is 40.0 Å². The molecule has 0 aliphatic carbocycles.